The van der Waals surface area contributed by atoms with Gasteiger partial charge in [-0.05, 0) is 104 Å². The molecule has 3 aromatic carbocycles. The zero-order valence-electron chi connectivity index (χ0n) is 25.0. The Morgan fingerprint density at radius 2 is 1.67 bits per heavy atom. The van der Waals surface area contributed by atoms with E-state index in [1.165, 1.54) is 40.0 Å². The molecule has 2 heterocycles. The van der Waals surface area contributed by atoms with E-state index in [-0.39, 0.29) is 17.8 Å². The van der Waals surface area contributed by atoms with Crippen LogP contribution in [0.4, 0.5) is 4.39 Å². The predicted molar refractivity (Wildman–Crippen MR) is 166 cm³/mol. The summed E-state index contributed by atoms with van der Waals surface area (Å²) in [5.74, 6) is 0.883. The van der Waals surface area contributed by atoms with Crippen LogP contribution in [0.5, 0.6) is 5.75 Å². The van der Waals surface area contributed by atoms with Crippen LogP contribution in [-0.2, 0) is 17.6 Å². The van der Waals surface area contributed by atoms with Gasteiger partial charge in [0.1, 0.15) is 11.6 Å². The largest absolute Gasteiger partial charge is 0.493 e. The number of piperazine rings is 1. The maximum atomic E-state index is 14.3. The Morgan fingerprint density at radius 1 is 0.952 bits per heavy atom. The molecule has 42 heavy (non-hydrogen) atoms. The van der Waals surface area contributed by atoms with Gasteiger partial charge in [-0.2, -0.15) is 0 Å². The van der Waals surface area contributed by atoms with Gasteiger partial charge in [0.15, 0.2) is 0 Å². The number of halogens is 1. The van der Waals surface area contributed by atoms with E-state index in [1.807, 2.05) is 12.1 Å². The first-order chi connectivity index (χ1) is 20.4. The van der Waals surface area contributed by atoms with E-state index in [0.29, 0.717) is 25.2 Å². The van der Waals surface area contributed by atoms with Gasteiger partial charge in [0, 0.05) is 43.7 Å². The summed E-state index contributed by atoms with van der Waals surface area (Å²) in [5.41, 5.74) is 9.17. The number of rotatable bonds is 10. The number of nitrogens with one attached hydrogen (secondary N) is 2. The molecule has 3 aromatic rings. The van der Waals surface area contributed by atoms with Crippen LogP contribution in [0.15, 0.2) is 66.2 Å². The van der Waals surface area contributed by atoms with E-state index < -0.39 is 0 Å². The van der Waals surface area contributed by atoms with Gasteiger partial charge in [-0.25, -0.2) is 4.39 Å². The molecule has 0 radical (unpaired) electrons. The van der Waals surface area contributed by atoms with E-state index >= 15 is 0 Å². The molecular formula is C36H42FN3O2. The molecule has 2 unspecified atom stereocenters. The first-order valence-electron chi connectivity index (χ1n) is 15.4. The highest BCUT2D eigenvalue weighted by Crippen LogP contribution is 2.36. The van der Waals surface area contributed by atoms with Gasteiger partial charge in [-0.1, -0.05) is 42.5 Å². The van der Waals surface area contributed by atoms with Gasteiger partial charge < -0.3 is 20.3 Å². The van der Waals surface area contributed by atoms with Gasteiger partial charge in [0.05, 0.1) is 12.6 Å². The van der Waals surface area contributed by atoms with Gasteiger partial charge in [-0.3, -0.25) is 4.79 Å². The molecule has 2 aliphatic heterocycles. The Kier molecular flexibility index (Phi) is 8.45. The van der Waals surface area contributed by atoms with E-state index in [9.17, 15) is 9.18 Å². The lowest BCUT2D eigenvalue weighted by atomic mass is 9.83. The van der Waals surface area contributed by atoms with Crippen molar-refractivity contribution < 1.29 is 13.9 Å². The highest BCUT2D eigenvalue weighted by molar-refractivity contribution is 6.03. The molecule has 2 fully saturated rings. The molecule has 3 aliphatic rings. The zero-order valence-corrected chi connectivity index (χ0v) is 25.0. The minimum Gasteiger partial charge on any atom is -0.493 e. The number of benzene rings is 3. The number of fused-ring (bicyclic) bond motifs is 2. The third-order valence-corrected chi connectivity index (χ3v) is 9.05. The maximum Gasteiger partial charge on any atom is 0.251 e. The van der Waals surface area contributed by atoms with E-state index in [0.717, 1.165) is 67.6 Å². The molecule has 2 N–H and O–H groups in total. The number of hydrogen-bond donors (Lipinski definition) is 2. The second-order valence-electron chi connectivity index (χ2n) is 12.3. The molecule has 2 bridgehead atoms. The van der Waals surface area contributed by atoms with Crippen molar-refractivity contribution in [3.63, 3.8) is 0 Å². The third kappa shape index (κ3) is 6.45. The highest BCUT2D eigenvalue weighted by Gasteiger charge is 2.40. The first-order valence-corrected chi connectivity index (χ1v) is 15.4. The summed E-state index contributed by atoms with van der Waals surface area (Å²) in [6.45, 7) is 9.28. The SMILES string of the molecule is Cc1cc(C)c(C)c(OCCc2ccc(C3=C(C(=O)N(CCc4ccc(F)cc4)C4CC4)C4CNCC(C3)N4)cc2)c1. The fourth-order valence-corrected chi connectivity index (χ4v) is 6.43. The summed E-state index contributed by atoms with van der Waals surface area (Å²) in [4.78, 5) is 16.4. The average Bonchev–Trinajstić information content (AvgIpc) is 3.82. The Balaban J connectivity index is 1.20. The lowest BCUT2D eigenvalue weighted by molar-refractivity contribution is -0.128. The minimum atomic E-state index is -0.230. The van der Waals surface area contributed by atoms with Crippen molar-refractivity contribution >= 4 is 11.5 Å². The van der Waals surface area contributed by atoms with Crippen LogP contribution in [0.25, 0.3) is 5.57 Å². The molecule has 0 aromatic heterocycles. The lowest BCUT2D eigenvalue weighted by Crippen LogP contribution is -2.60. The Bertz CT molecular complexity index is 1460. The van der Waals surface area contributed by atoms with Gasteiger partial charge >= 0.3 is 0 Å². The Hall–Kier alpha value is -3.48. The van der Waals surface area contributed by atoms with Crippen molar-refractivity contribution in [2.75, 3.05) is 26.2 Å². The third-order valence-electron chi connectivity index (χ3n) is 9.05. The standard InChI is InChI=1S/C36H42FN3O2/c1-23-18-24(2)25(3)34(19-23)42-17-15-27-4-8-28(9-5-27)32-20-30-21-38-22-33(39-30)35(32)36(41)40(31-12-13-31)16-14-26-6-10-29(37)11-7-26/h4-11,18-19,30-31,33,38-39H,12-17,20-22H2,1-3H3. The topological polar surface area (TPSA) is 53.6 Å². The number of ether oxygens (including phenoxy) is 1. The molecule has 6 heteroatoms. The van der Waals surface area contributed by atoms with Gasteiger partial charge in [0.25, 0.3) is 5.91 Å². The molecular weight excluding hydrogens is 525 g/mol. The fraction of sp³-hybridized carbons (Fsp3) is 0.417. The number of hydrogen-bond acceptors (Lipinski definition) is 4. The van der Waals surface area contributed by atoms with Crippen LogP contribution in [0.1, 0.15) is 52.6 Å². The number of carbonyl (C=O) groups excluding carboxylic acids is 1. The smallest absolute Gasteiger partial charge is 0.251 e. The molecule has 1 saturated carbocycles. The number of amides is 1. The summed E-state index contributed by atoms with van der Waals surface area (Å²) < 4.78 is 19.6. The Morgan fingerprint density at radius 3 is 2.40 bits per heavy atom. The Labute approximate surface area is 249 Å². The number of carbonyl (C=O) groups is 1. The van der Waals surface area contributed by atoms with Crippen LogP contribution >= 0.6 is 0 Å². The monoisotopic (exact) mass is 567 g/mol. The fourth-order valence-electron chi connectivity index (χ4n) is 6.43. The van der Waals surface area contributed by atoms with E-state index in [4.69, 9.17) is 4.74 Å². The van der Waals surface area contributed by atoms with Crippen LogP contribution in [0.3, 0.4) is 0 Å². The van der Waals surface area contributed by atoms with Crippen molar-refractivity contribution in [1.29, 1.82) is 0 Å². The number of aryl methyl sites for hydroxylation is 2. The highest BCUT2D eigenvalue weighted by atomic mass is 19.1. The average molecular weight is 568 g/mol. The summed E-state index contributed by atoms with van der Waals surface area (Å²) in [6.07, 6.45) is 4.48. The summed E-state index contributed by atoms with van der Waals surface area (Å²) >= 11 is 0. The summed E-state index contributed by atoms with van der Waals surface area (Å²) in [5, 5.41) is 7.25. The van der Waals surface area contributed by atoms with Gasteiger partial charge in [0.2, 0.25) is 0 Å². The molecule has 5 nitrogen and oxygen atoms in total. The summed E-state index contributed by atoms with van der Waals surface area (Å²) in [7, 11) is 0. The van der Waals surface area contributed by atoms with E-state index in [2.05, 4.69) is 72.7 Å². The summed E-state index contributed by atoms with van der Waals surface area (Å²) in [6, 6.07) is 20.3. The second-order valence-corrected chi connectivity index (χ2v) is 12.3. The molecule has 1 aliphatic carbocycles. The van der Waals surface area contributed by atoms with Crippen molar-refractivity contribution in [2.24, 2.45) is 0 Å². The normalized spacial score (nSPS) is 20.0. The zero-order chi connectivity index (χ0) is 29.2. The quantitative estimate of drug-likeness (QED) is 0.330. The van der Waals surface area contributed by atoms with E-state index in [1.54, 1.807) is 0 Å². The molecule has 2 atom stereocenters. The minimum absolute atomic E-state index is 0.00109. The second kappa shape index (κ2) is 12.4. The van der Waals surface area contributed by atoms with Crippen LogP contribution in [0, 0.1) is 26.6 Å². The van der Waals surface area contributed by atoms with Crippen molar-refractivity contribution in [1.82, 2.24) is 15.5 Å². The molecule has 6 rings (SSSR count). The first kappa shape index (κ1) is 28.6. The maximum absolute atomic E-state index is 14.3. The predicted octanol–water partition coefficient (Wildman–Crippen LogP) is 5.69. The van der Waals surface area contributed by atoms with Crippen molar-refractivity contribution in [3.8, 4) is 5.75 Å². The molecule has 220 valence electrons. The number of nitrogens with zero attached hydrogens (tertiary/aromatic N) is 1. The van der Waals surface area contributed by atoms with Crippen molar-refractivity contribution in [2.45, 2.75) is 71.0 Å². The van der Waals surface area contributed by atoms with Crippen LogP contribution in [0.2, 0.25) is 0 Å². The lowest BCUT2D eigenvalue weighted by Gasteiger charge is -2.41. The molecule has 1 saturated heterocycles. The van der Waals surface area contributed by atoms with Crippen LogP contribution in [-0.4, -0.2) is 55.2 Å². The van der Waals surface area contributed by atoms with Gasteiger partial charge in [-0.15, -0.1) is 0 Å². The van der Waals surface area contributed by atoms with Crippen LogP contribution < -0.4 is 15.4 Å². The molecule has 0 spiro atoms. The van der Waals surface area contributed by atoms with Crippen molar-refractivity contribution in [3.05, 3.63) is 105 Å². The molecule has 1 amide bonds.